The Balaban J connectivity index is 2.29. The molecule has 0 aromatic heterocycles. The average molecular weight is 343 g/mol. The van der Waals surface area contributed by atoms with Gasteiger partial charge in [0.25, 0.3) is 0 Å². The van der Waals surface area contributed by atoms with Gasteiger partial charge in [0.2, 0.25) is 0 Å². The molecule has 0 aliphatic rings. The van der Waals surface area contributed by atoms with Gasteiger partial charge in [0.15, 0.2) is 0 Å². The van der Waals surface area contributed by atoms with E-state index < -0.39 is 5.60 Å². The van der Waals surface area contributed by atoms with Gasteiger partial charge in [-0.05, 0) is 34.7 Å². The molecule has 2 nitrogen and oxygen atoms in total. The van der Waals surface area contributed by atoms with E-state index in [0.717, 1.165) is 47.6 Å². The molecule has 2 aromatic rings. The van der Waals surface area contributed by atoms with Crippen LogP contribution in [0.25, 0.3) is 10.8 Å². The van der Waals surface area contributed by atoms with Crippen LogP contribution in [0.3, 0.4) is 0 Å². The summed E-state index contributed by atoms with van der Waals surface area (Å²) in [5.74, 6) is 0. The van der Waals surface area contributed by atoms with Crippen molar-refractivity contribution < 1.29 is 10.2 Å². The number of hydrogen-bond acceptors (Lipinski definition) is 2. The summed E-state index contributed by atoms with van der Waals surface area (Å²) in [6.45, 7) is 4.45. The Bertz CT molecular complexity index is 632. The van der Waals surface area contributed by atoms with Crippen molar-refractivity contribution in [3.63, 3.8) is 0 Å². The molecule has 0 saturated carbocycles. The standard InChI is InChI=1S/C23H34O2/c1-3-5-7-15-23(25,16-8-6-4-2)17-20-13-9-11-19-12-10-14-21(18-24)22(19)20/h9-14,24-25H,3-8,15-18H2,1-2H3. The molecule has 2 rings (SSSR count). The van der Waals surface area contributed by atoms with Crippen LogP contribution in [-0.4, -0.2) is 15.8 Å². The van der Waals surface area contributed by atoms with Gasteiger partial charge in [-0.25, -0.2) is 0 Å². The summed E-state index contributed by atoms with van der Waals surface area (Å²) in [7, 11) is 0. The van der Waals surface area contributed by atoms with E-state index in [1.807, 2.05) is 12.1 Å². The molecule has 25 heavy (non-hydrogen) atoms. The predicted molar refractivity (Wildman–Crippen MR) is 107 cm³/mol. The largest absolute Gasteiger partial charge is 0.392 e. The zero-order valence-electron chi connectivity index (χ0n) is 15.9. The number of aliphatic hydroxyl groups excluding tert-OH is 1. The lowest BCUT2D eigenvalue weighted by atomic mass is 9.82. The highest BCUT2D eigenvalue weighted by Gasteiger charge is 2.27. The third-order valence-corrected chi connectivity index (χ3v) is 5.26. The van der Waals surface area contributed by atoms with E-state index in [4.69, 9.17) is 0 Å². The van der Waals surface area contributed by atoms with E-state index in [1.54, 1.807) is 0 Å². The van der Waals surface area contributed by atoms with Crippen molar-refractivity contribution in [2.24, 2.45) is 0 Å². The first kappa shape index (κ1) is 19.9. The Labute approximate surface area is 152 Å². The molecule has 0 saturated heterocycles. The maximum absolute atomic E-state index is 11.4. The molecule has 0 heterocycles. The lowest BCUT2D eigenvalue weighted by Crippen LogP contribution is -2.31. The quantitative estimate of drug-likeness (QED) is 0.509. The van der Waals surface area contributed by atoms with E-state index in [-0.39, 0.29) is 6.61 Å². The van der Waals surface area contributed by atoms with E-state index in [1.165, 1.54) is 25.7 Å². The molecule has 2 heteroatoms. The third kappa shape index (κ3) is 5.55. The monoisotopic (exact) mass is 342 g/mol. The Morgan fingerprint density at radius 1 is 0.800 bits per heavy atom. The minimum Gasteiger partial charge on any atom is -0.392 e. The summed E-state index contributed by atoms with van der Waals surface area (Å²) in [4.78, 5) is 0. The number of rotatable bonds is 11. The SMILES string of the molecule is CCCCCC(O)(CCCCC)Cc1cccc2cccc(CO)c12. The first-order valence-electron chi connectivity index (χ1n) is 9.96. The van der Waals surface area contributed by atoms with E-state index in [2.05, 4.69) is 38.1 Å². The summed E-state index contributed by atoms with van der Waals surface area (Å²) in [6, 6.07) is 12.3. The second kappa shape index (κ2) is 9.94. The van der Waals surface area contributed by atoms with Crippen LogP contribution in [0.4, 0.5) is 0 Å². The molecule has 0 amide bonds. The second-order valence-electron chi connectivity index (χ2n) is 7.41. The Morgan fingerprint density at radius 2 is 1.36 bits per heavy atom. The zero-order chi connectivity index (χ0) is 18.1. The van der Waals surface area contributed by atoms with Gasteiger partial charge in [0.05, 0.1) is 12.2 Å². The van der Waals surface area contributed by atoms with Gasteiger partial charge in [0.1, 0.15) is 0 Å². The molecule has 2 aromatic carbocycles. The summed E-state index contributed by atoms with van der Waals surface area (Å²) >= 11 is 0. The molecule has 0 unspecified atom stereocenters. The molecule has 0 radical (unpaired) electrons. The summed E-state index contributed by atoms with van der Waals surface area (Å²) in [5.41, 5.74) is 1.48. The average Bonchev–Trinajstić information content (AvgIpc) is 2.62. The fourth-order valence-corrected chi connectivity index (χ4v) is 3.85. The van der Waals surface area contributed by atoms with Gasteiger partial charge in [0, 0.05) is 6.42 Å². The van der Waals surface area contributed by atoms with Crippen molar-refractivity contribution in [1.29, 1.82) is 0 Å². The fourth-order valence-electron chi connectivity index (χ4n) is 3.85. The van der Waals surface area contributed by atoms with E-state index >= 15 is 0 Å². The highest BCUT2D eigenvalue weighted by atomic mass is 16.3. The fraction of sp³-hybridized carbons (Fsp3) is 0.565. The molecule has 0 aliphatic carbocycles. The van der Waals surface area contributed by atoms with Crippen molar-refractivity contribution >= 4 is 10.8 Å². The predicted octanol–water partition coefficient (Wildman–Crippen LogP) is 5.77. The Kier molecular flexibility index (Phi) is 7.92. The number of benzene rings is 2. The normalized spacial score (nSPS) is 12.0. The first-order chi connectivity index (χ1) is 12.1. The van der Waals surface area contributed by atoms with Gasteiger partial charge in [-0.3, -0.25) is 0 Å². The molecular weight excluding hydrogens is 308 g/mol. The van der Waals surface area contributed by atoms with E-state index in [0.29, 0.717) is 6.42 Å². The Morgan fingerprint density at radius 3 is 1.88 bits per heavy atom. The van der Waals surface area contributed by atoms with Crippen molar-refractivity contribution in [2.45, 2.75) is 83.8 Å². The number of unbranched alkanes of at least 4 members (excludes halogenated alkanes) is 4. The number of aliphatic hydroxyl groups is 2. The van der Waals surface area contributed by atoms with Gasteiger partial charge < -0.3 is 10.2 Å². The first-order valence-corrected chi connectivity index (χ1v) is 9.96. The van der Waals surface area contributed by atoms with Crippen LogP contribution >= 0.6 is 0 Å². The van der Waals surface area contributed by atoms with Gasteiger partial charge in [-0.2, -0.15) is 0 Å². The van der Waals surface area contributed by atoms with Gasteiger partial charge >= 0.3 is 0 Å². The molecule has 0 bridgehead atoms. The maximum atomic E-state index is 11.4. The molecule has 138 valence electrons. The van der Waals surface area contributed by atoms with Crippen LogP contribution in [0.1, 0.15) is 76.3 Å². The summed E-state index contributed by atoms with van der Waals surface area (Å²) in [6.07, 6.45) is 9.26. The van der Waals surface area contributed by atoms with Crippen molar-refractivity contribution in [2.75, 3.05) is 0 Å². The third-order valence-electron chi connectivity index (χ3n) is 5.26. The molecule has 2 N–H and O–H groups in total. The molecular formula is C23H34O2. The van der Waals surface area contributed by atoms with Crippen LogP contribution in [0.2, 0.25) is 0 Å². The minimum absolute atomic E-state index is 0.0401. The maximum Gasteiger partial charge on any atom is 0.0688 e. The lowest BCUT2D eigenvalue weighted by molar-refractivity contribution is 0.0184. The molecule has 0 atom stereocenters. The van der Waals surface area contributed by atoms with Crippen LogP contribution in [0, 0.1) is 0 Å². The number of hydrogen-bond donors (Lipinski definition) is 2. The van der Waals surface area contributed by atoms with E-state index in [9.17, 15) is 10.2 Å². The summed E-state index contributed by atoms with van der Waals surface area (Å²) < 4.78 is 0. The smallest absolute Gasteiger partial charge is 0.0688 e. The van der Waals surface area contributed by atoms with Gasteiger partial charge in [-0.15, -0.1) is 0 Å². The lowest BCUT2D eigenvalue weighted by Gasteiger charge is -2.29. The minimum atomic E-state index is -0.638. The van der Waals surface area contributed by atoms with Gasteiger partial charge in [-0.1, -0.05) is 88.8 Å². The second-order valence-corrected chi connectivity index (χ2v) is 7.41. The van der Waals surface area contributed by atoms with Crippen LogP contribution in [-0.2, 0) is 13.0 Å². The number of fused-ring (bicyclic) bond motifs is 1. The molecule has 0 fully saturated rings. The Hall–Kier alpha value is -1.38. The van der Waals surface area contributed by atoms with Crippen molar-refractivity contribution in [1.82, 2.24) is 0 Å². The molecule has 0 spiro atoms. The van der Waals surface area contributed by atoms with Crippen LogP contribution < -0.4 is 0 Å². The van der Waals surface area contributed by atoms with Crippen LogP contribution in [0.5, 0.6) is 0 Å². The molecule has 0 aliphatic heterocycles. The zero-order valence-corrected chi connectivity index (χ0v) is 15.9. The van der Waals surface area contributed by atoms with Crippen molar-refractivity contribution in [3.05, 3.63) is 47.5 Å². The summed E-state index contributed by atoms with van der Waals surface area (Å²) in [5, 5.41) is 23.4. The van der Waals surface area contributed by atoms with Crippen LogP contribution in [0.15, 0.2) is 36.4 Å². The highest BCUT2D eigenvalue weighted by molar-refractivity contribution is 5.89. The topological polar surface area (TPSA) is 40.5 Å². The van der Waals surface area contributed by atoms with Crippen molar-refractivity contribution in [3.8, 4) is 0 Å². The highest BCUT2D eigenvalue weighted by Crippen LogP contribution is 2.31.